The lowest BCUT2D eigenvalue weighted by Crippen LogP contribution is -2.49. The number of carbonyl (C=O) groups excluding carboxylic acids is 1. The minimum absolute atomic E-state index is 0.0877. The summed E-state index contributed by atoms with van der Waals surface area (Å²) in [5.41, 5.74) is 2.55. The van der Waals surface area contributed by atoms with E-state index >= 15 is 0 Å². The smallest absolute Gasteiger partial charge is 0.255 e. The Morgan fingerprint density at radius 2 is 1.90 bits per heavy atom. The average Bonchev–Trinajstić information content (AvgIpc) is 3.13. The molecule has 0 N–H and O–H groups in total. The number of nitrogens with zero attached hydrogens (tertiary/aromatic N) is 4. The highest BCUT2D eigenvalue weighted by Crippen LogP contribution is 2.41. The quantitative estimate of drug-likeness (QED) is 0.622. The van der Waals surface area contributed by atoms with Crippen molar-refractivity contribution in [1.29, 1.82) is 0 Å². The number of hydrogen-bond donors (Lipinski definition) is 0. The Kier molecular flexibility index (Phi) is 5.37. The Bertz CT molecular complexity index is 1060. The summed E-state index contributed by atoms with van der Waals surface area (Å²) in [5.74, 6) is 1.78. The van der Waals surface area contributed by atoms with Crippen molar-refractivity contribution in [2.45, 2.75) is 44.7 Å². The lowest BCUT2D eigenvalue weighted by atomic mass is 9.89. The van der Waals surface area contributed by atoms with Gasteiger partial charge in [0, 0.05) is 42.2 Å². The molecule has 5 rings (SSSR count). The van der Waals surface area contributed by atoms with Gasteiger partial charge in [0.1, 0.15) is 5.75 Å². The van der Waals surface area contributed by atoms with E-state index in [1.807, 2.05) is 37.3 Å². The third kappa shape index (κ3) is 3.90. The van der Waals surface area contributed by atoms with E-state index in [4.69, 9.17) is 4.74 Å². The van der Waals surface area contributed by atoms with Crippen molar-refractivity contribution in [3.8, 4) is 17.1 Å². The fourth-order valence-electron chi connectivity index (χ4n) is 5.01. The molecule has 2 bridgehead atoms. The Labute approximate surface area is 182 Å². The molecule has 4 heterocycles. The van der Waals surface area contributed by atoms with Crippen LogP contribution in [0.25, 0.3) is 11.4 Å². The molecule has 3 aromatic rings. The van der Waals surface area contributed by atoms with E-state index in [-0.39, 0.29) is 11.9 Å². The van der Waals surface area contributed by atoms with Crippen LogP contribution in [0.3, 0.4) is 0 Å². The van der Waals surface area contributed by atoms with Crippen molar-refractivity contribution in [2.75, 3.05) is 6.61 Å². The highest BCUT2D eigenvalue weighted by atomic mass is 16.5. The maximum absolute atomic E-state index is 13.8. The zero-order valence-electron chi connectivity index (χ0n) is 17.6. The number of rotatable bonds is 5. The summed E-state index contributed by atoms with van der Waals surface area (Å²) in [6.07, 6.45) is 11.1. The highest BCUT2D eigenvalue weighted by molar-refractivity contribution is 6.01. The largest absolute Gasteiger partial charge is 0.492 e. The number of ether oxygens (including phenoxy) is 1. The van der Waals surface area contributed by atoms with Crippen LogP contribution in [0.15, 0.2) is 61.2 Å². The van der Waals surface area contributed by atoms with E-state index in [0.29, 0.717) is 30.0 Å². The minimum Gasteiger partial charge on any atom is -0.492 e. The summed E-state index contributed by atoms with van der Waals surface area (Å²) in [7, 11) is 0. The lowest BCUT2D eigenvalue weighted by Gasteiger charge is -2.40. The molecule has 6 heteroatoms. The molecule has 1 unspecified atom stereocenters. The number of benzene rings is 1. The van der Waals surface area contributed by atoms with Gasteiger partial charge < -0.3 is 9.64 Å². The second kappa shape index (κ2) is 8.46. The van der Waals surface area contributed by atoms with Crippen LogP contribution in [0.5, 0.6) is 5.75 Å². The molecule has 2 saturated heterocycles. The molecule has 6 nitrogen and oxygen atoms in total. The third-order valence-corrected chi connectivity index (χ3v) is 6.51. The predicted molar refractivity (Wildman–Crippen MR) is 118 cm³/mol. The van der Waals surface area contributed by atoms with E-state index in [2.05, 4.69) is 19.9 Å². The fourth-order valence-corrected chi connectivity index (χ4v) is 5.01. The molecule has 0 aliphatic carbocycles. The zero-order chi connectivity index (χ0) is 21.2. The first kappa shape index (κ1) is 19.7. The van der Waals surface area contributed by atoms with Crippen LogP contribution < -0.4 is 4.74 Å². The van der Waals surface area contributed by atoms with Crippen LogP contribution in [0.2, 0.25) is 0 Å². The number of hydrogen-bond acceptors (Lipinski definition) is 5. The standard InChI is InChI=1S/C25H26N4O2/c1-17-5-9-21(24-27-12-3-13-28-24)22(14-17)25(30)29-19-7-6-18(23(29)10-8-19)16-31-20-4-2-11-26-15-20/h2-5,9,11-15,18-19,23H,6-8,10,16H2,1H3/t18-,19-,23?/m1/s1. The SMILES string of the molecule is Cc1ccc(-c2ncccn2)c(C(=O)N2C3CC[C@H]2CC[C@@H]3COc2cccnc2)c1. The van der Waals surface area contributed by atoms with Crippen LogP contribution in [0.4, 0.5) is 0 Å². The van der Waals surface area contributed by atoms with Crippen molar-refractivity contribution in [1.82, 2.24) is 19.9 Å². The average molecular weight is 415 g/mol. The maximum atomic E-state index is 13.8. The number of amides is 1. The first-order valence-electron chi connectivity index (χ1n) is 10.9. The molecule has 0 saturated carbocycles. The Morgan fingerprint density at radius 3 is 2.71 bits per heavy atom. The van der Waals surface area contributed by atoms with Gasteiger partial charge in [-0.3, -0.25) is 9.78 Å². The van der Waals surface area contributed by atoms with E-state index in [1.165, 1.54) is 0 Å². The third-order valence-electron chi connectivity index (χ3n) is 6.51. The van der Waals surface area contributed by atoms with Crippen molar-refractivity contribution in [3.63, 3.8) is 0 Å². The molecular formula is C25H26N4O2. The molecule has 158 valence electrons. The van der Waals surface area contributed by atoms with Gasteiger partial charge in [0.25, 0.3) is 5.91 Å². The number of aryl methyl sites for hydroxylation is 1. The van der Waals surface area contributed by atoms with E-state index in [9.17, 15) is 4.79 Å². The van der Waals surface area contributed by atoms with Gasteiger partial charge in [-0.15, -0.1) is 0 Å². The van der Waals surface area contributed by atoms with Crippen LogP contribution in [0.1, 0.15) is 41.6 Å². The zero-order valence-corrected chi connectivity index (χ0v) is 17.6. The second-order valence-corrected chi connectivity index (χ2v) is 8.47. The van der Waals surface area contributed by atoms with E-state index < -0.39 is 0 Å². The molecule has 2 aliphatic heterocycles. The van der Waals surface area contributed by atoms with Gasteiger partial charge in [0.2, 0.25) is 0 Å². The first-order valence-corrected chi connectivity index (χ1v) is 10.9. The number of fused-ring (bicyclic) bond motifs is 2. The summed E-state index contributed by atoms with van der Waals surface area (Å²) in [5, 5.41) is 0. The normalized spacial score (nSPS) is 22.4. The van der Waals surface area contributed by atoms with Crippen molar-refractivity contribution in [2.24, 2.45) is 5.92 Å². The summed E-state index contributed by atoms with van der Waals surface area (Å²) in [4.78, 5) is 28.9. The lowest BCUT2D eigenvalue weighted by molar-refractivity contribution is 0.0407. The number of aromatic nitrogens is 3. The molecule has 2 fully saturated rings. The predicted octanol–water partition coefficient (Wildman–Crippen LogP) is 4.31. The molecule has 2 aliphatic rings. The van der Waals surface area contributed by atoms with Gasteiger partial charge in [-0.2, -0.15) is 0 Å². The molecule has 2 aromatic heterocycles. The molecule has 1 aromatic carbocycles. The molecule has 0 radical (unpaired) electrons. The minimum atomic E-state index is 0.0877. The monoisotopic (exact) mass is 414 g/mol. The number of pyridine rings is 1. The van der Waals surface area contributed by atoms with Crippen molar-refractivity contribution < 1.29 is 9.53 Å². The summed E-state index contributed by atoms with van der Waals surface area (Å²) < 4.78 is 6.02. The molecular weight excluding hydrogens is 388 g/mol. The van der Waals surface area contributed by atoms with Crippen LogP contribution in [0, 0.1) is 12.8 Å². The van der Waals surface area contributed by atoms with Gasteiger partial charge in [-0.1, -0.05) is 17.7 Å². The Hall–Kier alpha value is -3.28. The summed E-state index contributed by atoms with van der Waals surface area (Å²) >= 11 is 0. The fraction of sp³-hybridized carbons (Fsp3) is 0.360. The maximum Gasteiger partial charge on any atom is 0.255 e. The van der Waals surface area contributed by atoms with E-state index in [0.717, 1.165) is 42.6 Å². The topological polar surface area (TPSA) is 68.2 Å². The first-order chi connectivity index (χ1) is 15.2. The molecule has 0 spiro atoms. The Morgan fingerprint density at radius 1 is 1.06 bits per heavy atom. The summed E-state index contributed by atoms with van der Waals surface area (Å²) in [6.45, 7) is 2.62. The number of carbonyl (C=O) groups is 1. The van der Waals surface area contributed by atoms with Crippen molar-refractivity contribution in [3.05, 3.63) is 72.3 Å². The second-order valence-electron chi connectivity index (χ2n) is 8.47. The van der Waals surface area contributed by atoms with Gasteiger partial charge in [-0.25, -0.2) is 9.97 Å². The number of piperidine rings is 1. The van der Waals surface area contributed by atoms with Gasteiger partial charge in [0.15, 0.2) is 5.82 Å². The van der Waals surface area contributed by atoms with Crippen LogP contribution in [-0.4, -0.2) is 44.4 Å². The van der Waals surface area contributed by atoms with Gasteiger partial charge >= 0.3 is 0 Å². The van der Waals surface area contributed by atoms with Crippen molar-refractivity contribution >= 4 is 5.91 Å². The molecule has 1 amide bonds. The van der Waals surface area contributed by atoms with Crippen LogP contribution in [-0.2, 0) is 0 Å². The summed E-state index contributed by atoms with van der Waals surface area (Å²) in [6, 6.07) is 12.0. The Balaban J connectivity index is 1.41. The van der Waals surface area contributed by atoms with E-state index in [1.54, 1.807) is 30.9 Å². The van der Waals surface area contributed by atoms with Gasteiger partial charge in [0.05, 0.1) is 18.4 Å². The van der Waals surface area contributed by atoms with Gasteiger partial charge in [-0.05, 0) is 56.9 Å². The highest BCUT2D eigenvalue weighted by Gasteiger charge is 2.45. The molecule has 31 heavy (non-hydrogen) atoms. The molecule has 3 atom stereocenters. The van der Waals surface area contributed by atoms with Crippen LogP contribution >= 0.6 is 0 Å².